The van der Waals surface area contributed by atoms with Crippen LogP contribution in [0.15, 0.2) is 24.3 Å². The first kappa shape index (κ1) is 17.5. The number of amides is 1. The average molecular weight is 302 g/mol. The first-order chi connectivity index (χ1) is 9.50. The monoisotopic (exact) mass is 302 g/mol. The third-order valence-electron chi connectivity index (χ3n) is 2.81. The molecule has 118 valence electrons. The fourth-order valence-electron chi connectivity index (χ4n) is 1.78. The maximum absolute atomic E-state index is 12.8. The van der Waals surface area contributed by atoms with Crippen LogP contribution in [0.2, 0.25) is 0 Å². The van der Waals surface area contributed by atoms with Crippen LogP contribution in [0.4, 0.5) is 13.2 Å². The lowest BCUT2D eigenvalue weighted by Crippen LogP contribution is -2.49. The fraction of sp³-hybridized carbons (Fsp3) is 0.533. The molecule has 0 bridgehead atoms. The Hall–Kier alpha value is -1.56. The van der Waals surface area contributed by atoms with E-state index in [1.54, 1.807) is 13.0 Å². The molecule has 0 aromatic heterocycles. The lowest BCUT2D eigenvalue weighted by atomic mass is 10.1. The van der Waals surface area contributed by atoms with Crippen molar-refractivity contribution in [1.82, 2.24) is 10.6 Å². The maximum Gasteiger partial charge on any atom is 0.416 e. The quantitative estimate of drug-likeness (QED) is 0.897. The van der Waals surface area contributed by atoms with Crippen molar-refractivity contribution in [2.75, 3.05) is 0 Å². The molecule has 0 spiro atoms. The van der Waals surface area contributed by atoms with Gasteiger partial charge in [0.2, 0.25) is 5.91 Å². The third kappa shape index (κ3) is 5.75. The summed E-state index contributed by atoms with van der Waals surface area (Å²) in [6.45, 7) is 7.13. The van der Waals surface area contributed by atoms with Gasteiger partial charge in [-0.1, -0.05) is 18.2 Å². The number of carbonyl (C=O) groups is 1. The fourth-order valence-corrected chi connectivity index (χ4v) is 1.78. The molecule has 1 unspecified atom stereocenters. The molecule has 0 fully saturated rings. The Labute approximate surface area is 122 Å². The number of alkyl halides is 3. The highest BCUT2D eigenvalue weighted by atomic mass is 19.4. The Kier molecular flexibility index (Phi) is 5.39. The Bertz CT molecular complexity index is 492. The summed E-state index contributed by atoms with van der Waals surface area (Å²) in [6.07, 6.45) is -4.39. The van der Waals surface area contributed by atoms with Gasteiger partial charge in [0.1, 0.15) is 0 Å². The van der Waals surface area contributed by atoms with E-state index in [9.17, 15) is 18.0 Å². The summed E-state index contributed by atoms with van der Waals surface area (Å²) < 4.78 is 38.5. The van der Waals surface area contributed by atoms with Crippen molar-refractivity contribution in [3.8, 4) is 0 Å². The number of rotatable bonds is 4. The number of halogens is 3. The first-order valence-electron chi connectivity index (χ1n) is 6.71. The van der Waals surface area contributed by atoms with Gasteiger partial charge in [-0.15, -0.1) is 0 Å². The van der Waals surface area contributed by atoms with Gasteiger partial charge in [-0.05, 0) is 39.3 Å². The molecular formula is C15H21F3N2O. The molecule has 0 aliphatic rings. The minimum absolute atomic E-state index is 0.0194. The molecule has 1 aromatic carbocycles. The molecule has 2 N–H and O–H groups in total. The van der Waals surface area contributed by atoms with Crippen molar-refractivity contribution >= 4 is 5.91 Å². The second-order valence-electron chi connectivity index (χ2n) is 6.00. The Morgan fingerprint density at radius 3 is 2.29 bits per heavy atom. The highest BCUT2D eigenvalue weighted by Crippen LogP contribution is 2.31. The van der Waals surface area contributed by atoms with Crippen molar-refractivity contribution in [2.45, 2.75) is 52.0 Å². The Balaban J connectivity index is 2.70. The average Bonchev–Trinajstić information content (AvgIpc) is 2.33. The number of hydrogen-bond donors (Lipinski definition) is 2. The summed E-state index contributed by atoms with van der Waals surface area (Å²) in [6, 6.07) is 4.76. The van der Waals surface area contributed by atoms with Gasteiger partial charge >= 0.3 is 6.18 Å². The molecule has 0 heterocycles. The van der Waals surface area contributed by atoms with Gasteiger partial charge in [-0.3, -0.25) is 4.79 Å². The van der Waals surface area contributed by atoms with E-state index in [1.165, 1.54) is 12.1 Å². The smallest absolute Gasteiger partial charge is 0.350 e. The van der Waals surface area contributed by atoms with Gasteiger partial charge < -0.3 is 10.6 Å². The van der Waals surface area contributed by atoms with Crippen molar-refractivity contribution < 1.29 is 18.0 Å². The molecule has 0 radical (unpaired) electrons. The van der Waals surface area contributed by atoms with E-state index < -0.39 is 17.8 Å². The number of benzene rings is 1. The molecule has 1 atom stereocenters. The first-order valence-corrected chi connectivity index (χ1v) is 6.71. The van der Waals surface area contributed by atoms with Gasteiger partial charge in [0, 0.05) is 12.1 Å². The second kappa shape index (κ2) is 6.47. The summed E-state index contributed by atoms with van der Waals surface area (Å²) in [5.41, 5.74) is -0.932. The van der Waals surface area contributed by atoms with E-state index in [4.69, 9.17) is 0 Å². The van der Waals surface area contributed by atoms with E-state index >= 15 is 0 Å². The molecule has 1 rings (SSSR count). The molecule has 0 saturated heterocycles. The van der Waals surface area contributed by atoms with E-state index in [1.807, 2.05) is 20.8 Å². The van der Waals surface area contributed by atoms with Crippen molar-refractivity contribution in [2.24, 2.45) is 0 Å². The topological polar surface area (TPSA) is 41.1 Å². The van der Waals surface area contributed by atoms with Gasteiger partial charge in [0.05, 0.1) is 11.6 Å². The number of nitrogens with one attached hydrogen (secondary N) is 2. The number of hydrogen-bond acceptors (Lipinski definition) is 2. The number of carbonyl (C=O) groups excluding carboxylic acids is 1. The zero-order valence-electron chi connectivity index (χ0n) is 12.6. The maximum atomic E-state index is 12.8. The molecule has 0 aliphatic heterocycles. The van der Waals surface area contributed by atoms with Crippen LogP contribution in [0, 0.1) is 0 Å². The zero-order valence-corrected chi connectivity index (χ0v) is 12.6. The van der Waals surface area contributed by atoms with E-state index in [0.717, 1.165) is 6.07 Å². The minimum atomic E-state index is -4.39. The van der Waals surface area contributed by atoms with Crippen LogP contribution in [-0.4, -0.2) is 17.5 Å². The van der Waals surface area contributed by atoms with Crippen LogP contribution in [0.3, 0.4) is 0 Å². The van der Waals surface area contributed by atoms with E-state index in [-0.39, 0.29) is 23.6 Å². The van der Waals surface area contributed by atoms with Crippen LogP contribution >= 0.6 is 0 Å². The Morgan fingerprint density at radius 2 is 1.76 bits per heavy atom. The minimum Gasteiger partial charge on any atom is -0.350 e. The van der Waals surface area contributed by atoms with Crippen LogP contribution in [0.5, 0.6) is 0 Å². The van der Waals surface area contributed by atoms with Gasteiger partial charge in [0.25, 0.3) is 0 Å². The molecule has 3 nitrogen and oxygen atoms in total. The largest absolute Gasteiger partial charge is 0.416 e. The Morgan fingerprint density at radius 1 is 1.19 bits per heavy atom. The van der Waals surface area contributed by atoms with Gasteiger partial charge in [-0.25, -0.2) is 0 Å². The molecular weight excluding hydrogens is 281 g/mol. The standard InChI is InChI=1S/C15H21F3N2O/c1-10(13(21)20-14(2,3)4)19-9-11-7-5-6-8-12(11)15(16,17)18/h5-8,10,19H,9H2,1-4H3,(H,20,21). The molecule has 0 saturated carbocycles. The van der Waals surface area contributed by atoms with Crippen molar-refractivity contribution in [3.05, 3.63) is 35.4 Å². The SMILES string of the molecule is CC(NCc1ccccc1C(F)(F)F)C(=O)NC(C)(C)C. The van der Waals surface area contributed by atoms with Gasteiger partial charge in [-0.2, -0.15) is 13.2 Å². The highest BCUT2D eigenvalue weighted by Gasteiger charge is 2.32. The van der Waals surface area contributed by atoms with E-state index in [0.29, 0.717) is 0 Å². The summed E-state index contributed by atoms with van der Waals surface area (Å²) in [4.78, 5) is 11.9. The summed E-state index contributed by atoms with van der Waals surface area (Å²) in [5, 5.41) is 5.60. The lowest BCUT2D eigenvalue weighted by molar-refractivity contribution is -0.138. The predicted molar refractivity (Wildman–Crippen MR) is 75.6 cm³/mol. The van der Waals surface area contributed by atoms with E-state index in [2.05, 4.69) is 10.6 Å². The van der Waals surface area contributed by atoms with Crippen molar-refractivity contribution in [3.63, 3.8) is 0 Å². The van der Waals surface area contributed by atoms with Crippen LogP contribution in [0.25, 0.3) is 0 Å². The zero-order chi connectivity index (χ0) is 16.3. The normalized spacial score (nSPS) is 13.9. The summed E-state index contributed by atoms with van der Waals surface area (Å²) in [7, 11) is 0. The molecule has 21 heavy (non-hydrogen) atoms. The summed E-state index contributed by atoms with van der Waals surface area (Å²) >= 11 is 0. The predicted octanol–water partition coefficient (Wildman–Crippen LogP) is 3.10. The van der Waals surface area contributed by atoms with Gasteiger partial charge in [0.15, 0.2) is 0 Å². The molecule has 1 aromatic rings. The molecule has 6 heteroatoms. The van der Waals surface area contributed by atoms with Crippen LogP contribution in [-0.2, 0) is 17.5 Å². The third-order valence-corrected chi connectivity index (χ3v) is 2.81. The summed E-state index contributed by atoms with van der Waals surface area (Å²) in [5.74, 6) is -0.244. The lowest BCUT2D eigenvalue weighted by Gasteiger charge is -2.24. The second-order valence-corrected chi connectivity index (χ2v) is 6.00. The van der Waals surface area contributed by atoms with Crippen LogP contribution in [0.1, 0.15) is 38.8 Å². The van der Waals surface area contributed by atoms with Crippen LogP contribution < -0.4 is 10.6 Å². The molecule has 0 aliphatic carbocycles. The highest BCUT2D eigenvalue weighted by molar-refractivity contribution is 5.81. The van der Waals surface area contributed by atoms with Crippen molar-refractivity contribution in [1.29, 1.82) is 0 Å². The molecule has 1 amide bonds.